The fourth-order valence-electron chi connectivity index (χ4n) is 2.79. The molecule has 3 rings (SSSR count). The fraction of sp³-hybridized carbons (Fsp3) is 0.467. The summed E-state index contributed by atoms with van der Waals surface area (Å²) in [5.74, 6) is -0.385. The van der Waals surface area contributed by atoms with E-state index in [2.05, 4.69) is 25.2 Å². The number of aliphatic hydroxyl groups excluding tert-OH is 1. The van der Waals surface area contributed by atoms with Gasteiger partial charge in [0.15, 0.2) is 0 Å². The molecule has 0 unspecified atom stereocenters. The molecule has 24 heavy (non-hydrogen) atoms. The van der Waals surface area contributed by atoms with Crippen molar-refractivity contribution in [1.29, 1.82) is 0 Å². The van der Waals surface area contributed by atoms with Gasteiger partial charge in [0.25, 0.3) is 5.91 Å². The van der Waals surface area contributed by atoms with Crippen LogP contribution in [0.4, 0.5) is 0 Å². The number of aliphatic hydroxyl groups is 1. The van der Waals surface area contributed by atoms with Gasteiger partial charge in [-0.3, -0.25) is 9.69 Å². The Balaban J connectivity index is 1.48. The Bertz CT molecular complexity index is 735. The van der Waals surface area contributed by atoms with Gasteiger partial charge in [0, 0.05) is 51.4 Å². The van der Waals surface area contributed by atoms with Crippen molar-refractivity contribution in [2.75, 3.05) is 19.6 Å². The first-order chi connectivity index (χ1) is 11.5. The van der Waals surface area contributed by atoms with Crippen molar-refractivity contribution in [3.05, 3.63) is 41.0 Å². The van der Waals surface area contributed by atoms with Gasteiger partial charge in [-0.25, -0.2) is 15.0 Å². The maximum atomic E-state index is 12.0. The number of fused-ring (bicyclic) bond motifs is 1. The van der Waals surface area contributed by atoms with Crippen LogP contribution >= 0.6 is 11.6 Å². The quantitative estimate of drug-likeness (QED) is 0.738. The number of aromatic nitrogens is 4. The van der Waals surface area contributed by atoms with E-state index in [-0.39, 0.29) is 23.3 Å². The van der Waals surface area contributed by atoms with Crippen molar-refractivity contribution in [2.24, 2.45) is 7.05 Å². The van der Waals surface area contributed by atoms with Crippen LogP contribution in [0.2, 0.25) is 5.15 Å². The van der Waals surface area contributed by atoms with Gasteiger partial charge in [0.1, 0.15) is 17.2 Å². The minimum absolute atomic E-state index is 0.145. The van der Waals surface area contributed by atoms with Crippen LogP contribution in [0.25, 0.3) is 0 Å². The molecular weight excluding hydrogens is 332 g/mol. The first-order valence-electron chi connectivity index (χ1n) is 7.68. The summed E-state index contributed by atoms with van der Waals surface area (Å²) in [6.45, 7) is 2.19. The Morgan fingerprint density at radius 3 is 3.08 bits per heavy atom. The van der Waals surface area contributed by atoms with E-state index in [9.17, 15) is 9.90 Å². The van der Waals surface area contributed by atoms with E-state index in [1.54, 1.807) is 0 Å². The van der Waals surface area contributed by atoms with Crippen LogP contribution in [-0.2, 0) is 20.0 Å². The summed E-state index contributed by atoms with van der Waals surface area (Å²) in [5, 5.41) is 13.0. The minimum Gasteiger partial charge on any atom is -0.390 e. The van der Waals surface area contributed by atoms with Gasteiger partial charge in [-0.15, -0.1) is 0 Å². The Labute approximate surface area is 144 Å². The summed E-state index contributed by atoms with van der Waals surface area (Å²) in [4.78, 5) is 26.1. The maximum Gasteiger partial charge on any atom is 0.270 e. The lowest BCUT2D eigenvalue weighted by molar-refractivity contribution is 0.0834. The van der Waals surface area contributed by atoms with Crippen LogP contribution in [0.15, 0.2) is 18.7 Å². The third-order valence-corrected chi connectivity index (χ3v) is 4.22. The second-order valence-electron chi connectivity index (χ2n) is 5.82. The normalized spacial score (nSPS) is 15.8. The Morgan fingerprint density at radius 1 is 1.46 bits per heavy atom. The van der Waals surface area contributed by atoms with E-state index >= 15 is 0 Å². The monoisotopic (exact) mass is 350 g/mol. The highest BCUT2D eigenvalue weighted by atomic mass is 35.5. The van der Waals surface area contributed by atoms with E-state index in [1.807, 2.05) is 17.9 Å². The summed E-state index contributed by atoms with van der Waals surface area (Å²) in [6.07, 6.45) is 3.28. The van der Waals surface area contributed by atoms with Crippen molar-refractivity contribution in [1.82, 2.24) is 29.7 Å². The number of hydrogen-bond donors (Lipinski definition) is 2. The summed E-state index contributed by atoms with van der Waals surface area (Å²) in [6, 6.07) is 1.39. The van der Waals surface area contributed by atoms with Gasteiger partial charge in [0.2, 0.25) is 0 Å². The van der Waals surface area contributed by atoms with E-state index in [0.717, 1.165) is 18.7 Å². The number of rotatable bonds is 5. The van der Waals surface area contributed by atoms with Crippen LogP contribution in [0.3, 0.4) is 0 Å². The molecule has 0 saturated carbocycles. The molecule has 1 atom stereocenters. The van der Waals surface area contributed by atoms with Crippen molar-refractivity contribution in [2.45, 2.75) is 19.1 Å². The summed E-state index contributed by atoms with van der Waals surface area (Å²) >= 11 is 5.73. The first-order valence-corrected chi connectivity index (χ1v) is 8.06. The topological polar surface area (TPSA) is 96.2 Å². The molecule has 1 aliphatic heterocycles. The number of β-amino-alcohol motifs (C(OH)–C–C–N with tert-alkyl or cyclic N) is 1. The number of aryl methyl sites for hydroxylation is 1. The molecule has 2 aromatic rings. The largest absolute Gasteiger partial charge is 0.390 e. The average Bonchev–Trinajstić information content (AvgIpc) is 2.93. The van der Waals surface area contributed by atoms with Gasteiger partial charge in [-0.1, -0.05) is 11.6 Å². The molecule has 0 saturated heterocycles. The second kappa shape index (κ2) is 7.25. The Kier molecular flexibility index (Phi) is 5.08. The summed E-state index contributed by atoms with van der Waals surface area (Å²) < 4.78 is 2.04. The number of amides is 1. The predicted octanol–water partition coefficient (Wildman–Crippen LogP) is 0.0125. The minimum atomic E-state index is -0.670. The van der Waals surface area contributed by atoms with Gasteiger partial charge in [0.05, 0.1) is 18.1 Å². The zero-order chi connectivity index (χ0) is 17.1. The molecule has 0 spiro atoms. The number of hydrogen-bond acceptors (Lipinski definition) is 6. The highest BCUT2D eigenvalue weighted by Gasteiger charge is 2.22. The third-order valence-electron chi connectivity index (χ3n) is 4.02. The zero-order valence-corrected chi connectivity index (χ0v) is 14.1. The Hall–Kier alpha value is -2.03. The smallest absolute Gasteiger partial charge is 0.270 e. The molecule has 2 aromatic heterocycles. The molecule has 1 aliphatic rings. The van der Waals surface area contributed by atoms with E-state index < -0.39 is 6.10 Å². The van der Waals surface area contributed by atoms with Crippen LogP contribution in [-0.4, -0.2) is 61.2 Å². The molecule has 9 heteroatoms. The maximum absolute atomic E-state index is 12.0. The molecule has 2 N–H and O–H groups in total. The molecule has 128 valence electrons. The van der Waals surface area contributed by atoms with Crippen LogP contribution in [0.5, 0.6) is 0 Å². The number of imidazole rings is 1. The van der Waals surface area contributed by atoms with Gasteiger partial charge in [-0.05, 0) is 0 Å². The third kappa shape index (κ3) is 3.89. The molecule has 0 fully saturated rings. The van der Waals surface area contributed by atoms with Crippen molar-refractivity contribution < 1.29 is 9.90 Å². The number of nitrogens with one attached hydrogen (secondary N) is 1. The number of halogens is 1. The summed E-state index contributed by atoms with van der Waals surface area (Å²) in [5.41, 5.74) is 2.48. The van der Waals surface area contributed by atoms with Crippen molar-refractivity contribution in [3.8, 4) is 0 Å². The van der Waals surface area contributed by atoms with E-state index in [4.69, 9.17) is 11.6 Å². The lowest BCUT2D eigenvalue weighted by Gasteiger charge is -2.28. The number of nitrogens with zero attached hydrogens (tertiary/aromatic N) is 5. The zero-order valence-electron chi connectivity index (χ0n) is 13.3. The second-order valence-corrected chi connectivity index (χ2v) is 6.21. The van der Waals surface area contributed by atoms with Crippen molar-refractivity contribution >= 4 is 17.5 Å². The molecule has 0 bridgehead atoms. The molecule has 3 heterocycles. The average molecular weight is 351 g/mol. The lowest BCUT2D eigenvalue weighted by Crippen LogP contribution is -2.42. The molecule has 0 radical (unpaired) electrons. The highest BCUT2D eigenvalue weighted by Crippen LogP contribution is 2.16. The standard InChI is InChI=1S/C15H19ClN6O2/c1-21-9-20-12-7-22(3-2-13(12)21)6-10(23)5-17-15(24)11-4-14(16)19-8-18-11/h4,8-10,23H,2-3,5-7H2,1H3,(H,17,24)/t10-/m0/s1. The van der Waals surface area contributed by atoms with Crippen LogP contribution in [0, 0.1) is 0 Å². The molecular formula is C15H19ClN6O2. The molecule has 0 aliphatic carbocycles. The van der Waals surface area contributed by atoms with Crippen molar-refractivity contribution in [3.63, 3.8) is 0 Å². The fourth-order valence-corrected chi connectivity index (χ4v) is 2.94. The SMILES string of the molecule is Cn1cnc2c1CCN(C[C@@H](O)CNC(=O)c1cc(Cl)ncn1)C2. The van der Waals surface area contributed by atoms with Crippen LogP contribution < -0.4 is 5.32 Å². The van der Waals surface area contributed by atoms with E-state index in [0.29, 0.717) is 13.1 Å². The molecule has 8 nitrogen and oxygen atoms in total. The number of carbonyl (C=O) groups is 1. The van der Waals surface area contributed by atoms with E-state index in [1.165, 1.54) is 18.1 Å². The predicted molar refractivity (Wildman–Crippen MR) is 87.6 cm³/mol. The van der Waals surface area contributed by atoms with Gasteiger partial charge in [-0.2, -0.15) is 0 Å². The van der Waals surface area contributed by atoms with Crippen LogP contribution in [0.1, 0.15) is 21.9 Å². The molecule has 1 amide bonds. The first kappa shape index (κ1) is 16.8. The van der Waals surface area contributed by atoms with Gasteiger partial charge >= 0.3 is 0 Å². The summed E-state index contributed by atoms with van der Waals surface area (Å²) in [7, 11) is 1.99. The lowest BCUT2D eigenvalue weighted by atomic mass is 10.1. The highest BCUT2D eigenvalue weighted by molar-refractivity contribution is 6.29. The number of carbonyl (C=O) groups excluding carboxylic acids is 1. The van der Waals surface area contributed by atoms with Gasteiger partial charge < -0.3 is 15.0 Å². The Morgan fingerprint density at radius 2 is 2.29 bits per heavy atom. The molecule has 0 aromatic carbocycles.